The van der Waals surface area contributed by atoms with Crippen molar-refractivity contribution in [1.29, 1.82) is 0 Å². The van der Waals surface area contributed by atoms with Gasteiger partial charge in [-0.05, 0) is 74.3 Å². The number of likely N-dealkylation sites (tertiary alicyclic amines) is 1. The lowest BCUT2D eigenvalue weighted by Crippen LogP contribution is -2.49. The highest BCUT2D eigenvalue weighted by Crippen LogP contribution is 2.35. The summed E-state index contributed by atoms with van der Waals surface area (Å²) in [4.78, 5) is 14.0. The summed E-state index contributed by atoms with van der Waals surface area (Å²) < 4.78 is 49.8. The van der Waals surface area contributed by atoms with Gasteiger partial charge in [0.1, 0.15) is 18.0 Å². The highest BCUT2D eigenvalue weighted by atomic mass is 79.9. The molecule has 1 unspecified atom stereocenters. The third-order valence-corrected chi connectivity index (χ3v) is 4.81. The minimum absolute atomic E-state index is 0.0242. The van der Waals surface area contributed by atoms with Gasteiger partial charge in [0.25, 0.3) is 0 Å². The van der Waals surface area contributed by atoms with Crippen molar-refractivity contribution >= 4 is 22.0 Å². The number of halogens is 4. The first-order chi connectivity index (χ1) is 12.9. The normalized spacial score (nSPS) is 18.6. The van der Waals surface area contributed by atoms with Crippen LogP contribution in [0.4, 0.5) is 18.0 Å². The quantitative estimate of drug-likeness (QED) is 0.674. The Kier molecular flexibility index (Phi) is 7.61. The molecule has 1 aliphatic heterocycles. The summed E-state index contributed by atoms with van der Waals surface area (Å²) in [6.07, 6.45) is -3.08. The molecule has 1 fully saturated rings. The van der Waals surface area contributed by atoms with Gasteiger partial charge >= 0.3 is 12.3 Å². The van der Waals surface area contributed by atoms with Crippen LogP contribution in [0.2, 0.25) is 0 Å². The smallest absolute Gasteiger partial charge is 0.416 e. The highest BCUT2D eigenvalue weighted by molar-refractivity contribution is 9.10. The Balaban J connectivity index is 1.82. The van der Waals surface area contributed by atoms with E-state index in [1.807, 2.05) is 20.8 Å². The van der Waals surface area contributed by atoms with Crippen LogP contribution in [-0.2, 0) is 10.9 Å². The number of hydrogen-bond donors (Lipinski definition) is 1. The van der Waals surface area contributed by atoms with Crippen molar-refractivity contribution in [3.63, 3.8) is 0 Å². The van der Waals surface area contributed by atoms with Gasteiger partial charge in [-0.25, -0.2) is 4.79 Å². The second-order valence-corrected chi connectivity index (χ2v) is 8.63. The molecule has 0 spiro atoms. The third kappa shape index (κ3) is 7.50. The maximum Gasteiger partial charge on any atom is 0.416 e. The number of nitrogens with one attached hydrogen (secondary N) is 1. The molecular weight excluding hydrogens is 441 g/mol. The molecule has 1 N–H and O–H groups in total. The minimum atomic E-state index is -4.41. The van der Waals surface area contributed by atoms with E-state index in [2.05, 4.69) is 26.1 Å². The Morgan fingerprint density at radius 1 is 1.32 bits per heavy atom. The Hall–Kier alpha value is -1.48. The van der Waals surface area contributed by atoms with Crippen LogP contribution in [-0.4, -0.2) is 48.9 Å². The maximum atomic E-state index is 12.8. The summed E-state index contributed by atoms with van der Waals surface area (Å²) in [7, 11) is 0. The van der Waals surface area contributed by atoms with Crippen LogP contribution in [0.1, 0.15) is 39.2 Å². The van der Waals surface area contributed by atoms with Gasteiger partial charge in [-0.1, -0.05) is 0 Å². The highest BCUT2D eigenvalue weighted by Gasteiger charge is 2.31. The number of benzene rings is 1. The topological polar surface area (TPSA) is 50.8 Å². The van der Waals surface area contributed by atoms with E-state index >= 15 is 0 Å². The second kappa shape index (κ2) is 9.35. The lowest BCUT2D eigenvalue weighted by Gasteiger charge is -2.33. The lowest BCUT2D eigenvalue weighted by molar-refractivity contribution is -0.137. The fourth-order valence-corrected chi connectivity index (χ4v) is 3.29. The maximum absolute atomic E-state index is 12.8. The zero-order chi connectivity index (χ0) is 20.9. The van der Waals surface area contributed by atoms with Crippen LogP contribution in [0.15, 0.2) is 22.7 Å². The Bertz CT molecular complexity index is 677. The van der Waals surface area contributed by atoms with Crippen molar-refractivity contribution in [2.24, 2.45) is 0 Å². The Morgan fingerprint density at radius 3 is 2.68 bits per heavy atom. The monoisotopic (exact) mass is 466 g/mol. The van der Waals surface area contributed by atoms with E-state index < -0.39 is 23.4 Å². The van der Waals surface area contributed by atoms with Crippen molar-refractivity contribution in [2.45, 2.75) is 51.4 Å². The molecule has 9 heteroatoms. The van der Waals surface area contributed by atoms with Crippen molar-refractivity contribution in [3.05, 3.63) is 28.2 Å². The number of carbonyl (C=O) groups excluding carboxylic acids is 1. The molecule has 1 amide bonds. The van der Waals surface area contributed by atoms with Crippen LogP contribution < -0.4 is 10.1 Å². The van der Waals surface area contributed by atoms with Gasteiger partial charge in [-0.15, -0.1) is 0 Å². The molecule has 1 aliphatic rings. The van der Waals surface area contributed by atoms with Gasteiger partial charge < -0.3 is 14.8 Å². The number of piperidine rings is 1. The number of amides is 1. The molecule has 0 aliphatic carbocycles. The third-order valence-electron chi connectivity index (χ3n) is 4.15. The van der Waals surface area contributed by atoms with Crippen molar-refractivity contribution in [2.75, 3.05) is 26.2 Å². The molecule has 0 aromatic heterocycles. The SMILES string of the molecule is CC(C)(C)OC(=O)NC1CCCN(CCOc2cc(C(F)(F)F)ccc2Br)C1. The first-order valence-corrected chi connectivity index (χ1v) is 9.95. The summed E-state index contributed by atoms with van der Waals surface area (Å²) in [6, 6.07) is 3.31. The molecule has 1 saturated heterocycles. The van der Waals surface area contributed by atoms with Gasteiger partial charge in [0.05, 0.1) is 10.0 Å². The van der Waals surface area contributed by atoms with E-state index in [0.717, 1.165) is 31.5 Å². The Morgan fingerprint density at radius 2 is 2.04 bits per heavy atom. The van der Waals surface area contributed by atoms with Gasteiger partial charge in [-0.3, -0.25) is 4.90 Å². The molecule has 1 aromatic rings. The predicted octanol–water partition coefficient (Wildman–Crippen LogP) is 4.84. The van der Waals surface area contributed by atoms with Gasteiger partial charge in [0.2, 0.25) is 0 Å². The van der Waals surface area contributed by atoms with E-state index in [1.165, 1.54) is 6.07 Å². The van der Waals surface area contributed by atoms with E-state index in [4.69, 9.17) is 9.47 Å². The average molecular weight is 467 g/mol. The number of hydrogen-bond acceptors (Lipinski definition) is 4. The number of alkyl halides is 3. The second-order valence-electron chi connectivity index (χ2n) is 7.78. The molecule has 1 atom stereocenters. The van der Waals surface area contributed by atoms with Gasteiger partial charge in [0.15, 0.2) is 0 Å². The van der Waals surface area contributed by atoms with Crippen LogP contribution in [0.25, 0.3) is 0 Å². The zero-order valence-electron chi connectivity index (χ0n) is 16.2. The first-order valence-electron chi connectivity index (χ1n) is 9.15. The van der Waals surface area contributed by atoms with Crippen LogP contribution in [0, 0.1) is 0 Å². The van der Waals surface area contributed by atoms with E-state index in [0.29, 0.717) is 17.6 Å². The molecule has 0 bridgehead atoms. The summed E-state index contributed by atoms with van der Waals surface area (Å²) in [5.74, 6) is 0.162. The number of ether oxygens (including phenoxy) is 2. The fraction of sp³-hybridized carbons (Fsp3) is 0.632. The molecule has 0 radical (unpaired) electrons. The van der Waals surface area contributed by atoms with Crippen molar-refractivity contribution in [3.8, 4) is 5.75 Å². The van der Waals surface area contributed by atoms with E-state index in [1.54, 1.807) is 0 Å². The molecule has 5 nitrogen and oxygen atoms in total. The molecule has 158 valence electrons. The van der Waals surface area contributed by atoms with Gasteiger partial charge in [0, 0.05) is 19.1 Å². The molecule has 1 aromatic carbocycles. The van der Waals surface area contributed by atoms with Crippen LogP contribution in [0.5, 0.6) is 5.75 Å². The lowest BCUT2D eigenvalue weighted by atomic mass is 10.1. The first kappa shape index (κ1) is 22.8. The largest absolute Gasteiger partial charge is 0.491 e. The summed E-state index contributed by atoms with van der Waals surface area (Å²) in [6.45, 7) is 7.72. The summed E-state index contributed by atoms with van der Waals surface area (Å²) in [5.41, 5.74) is -1.30. The predicted molar refractivity (Wildman–Crippen MR) is 103 cm³/mol. The molecule has 1 heterocycles. The number of alkyl carbamates (subject to hydrolysis) is 1. The number of rotatable bonds is 5. The number of carbonyl (C=O) groups is 1. The zero-order valence-corrected chi connectivity index (χ0v) is 17.8. The molecule has 2 rings (SSSR count). The number of nitrogens with zero attached hydrogens (tertiary/aromatic N) is 1. The van der Waals surface area contributed by atoms with Crippen molar-refractivity contribution in [1.82, 2.24) is 10.2 Å². The standard InChI is InChI=1S/C19H26BrF3N2O3/c1-18(2,3)28-17(26)24-14-5-4-8-25(12-14)9-10-27-16-11-13(19(21,22)23)6-7-15(16)20/h6-7,11,14H,4-5,8-10,12H2,1-3H3,(H,24,26). The Labute approximate surface area is 171 Å². The molecular formula is C19H26BrF3N2O3. The summed E-state index contributed by atoms with van der Waals surface area (Å²) >= 11 is 3.22. The minimum Gasteiger partial charge on any atom is -0.491 e. The summed E-state index contributed by atoms with van der Waals surface area (Å²) in [5, 5.41) is 2.87. The molecule has 28 heavy (non-hydrogen) atoms. The van der Waals surface area contributed by atoms with E-state index in [9.17, 15) is 18.0 Å². The van der Waals surface area contributed by atoms with Gasteiger partial charge in [-0.2, -0.15) is 13.2 Å². The van der Waals surface area contributed by atoms with Crippen LogP contribution in [0.3, 0.4) is 0 Å². The fourth-order valence-electron chi connectivity index (χ4n) is 2.93. The van der Waals surface area contributed by atoms with Crippen LogP contribution >= 0.6 is 15.9 Å². The molecule has 0 saturated carbocycles. The van der Waals surface area contributed by atoms with E-state index in [-0.39, 0.29) is 18.4 Å². The van der Waals surface area contributed by atoms with Crippen molar-refractivity contribution < 1.29 is 27.4 Å². The average Bonchev–Trinajstić information content (AvgIpc) is 2.54.